The molecule has 0 aromatic heterocycles. The molecule has 0 amide bonds. The molecule has 0 aromatic rings. The van der Waals surface area contributed by atoms with Gasteiger partial charge in [0.15, 0.2) is 0 Å². The van der Waals surface area contributed by atoms with Crippen molar-refractivity contribution < 1.29 is 0 Å². The van der Waals surface area contributed by atoms with Crippen LogP contribution in [-0.2, 0) is 0 Å². The van der Waals surface area contributed by atoms with E-state index in [-0.39, 0.29) is 3.55 Å². The molecule has 1 atom stereocenters. The van der Waals surface area contributed by atoms with Crippen LogP contribution in [-0.4, -0.2) is 11.7 Å². The van der Waals surface area contributed by atoms with E-state index in [0.29, 0.717) is 0 Å². The van der Waals surface area contributed by atoms with Gasteiger partial charge in [-0.3, -0.25) is 0 Å². The van der Waals surface area contributed by atoms with Crippen molar-refractivity contribution in [3.63, 3.8) is 0 Å². The van der Waals surface area contributed by atoms with Gasteiger partial charge in [-0.2, -0.15) is 0 Å². The van der Waals surface area contributed by atoms with Gasteiger partial charge in [0.2, 0.25) is 0 Å². The van der Waals surface area contributed by atoms with Gasteiger partial charge in [-0.05, 0) is 0 Å². The van der Waals surface area contributed by atoms with E-state index in [0.717, 1.165) is 6.42 Å². The fourth-order valence-corrected chi connectivity index (χ4v) is 4.45. The number of hydrogen-bond donors (Lipinski definition) is 3. The Balaban J connectivity index is 4.10. The number of rotatable bonds is 4. The van der Waals surface area contributed by atoms with Crippen LogP contribution in [0.1, 0.15) is 20.3 Å². The Morgan fingerprint density at radius 2 is 2.18 bits per heavy atom. The molecule has 0 aliphatic heterocycles. The number of alkyl halides is 2. The summed E-state index contributed by atoms with van der Waals surface area (Å²) < 4.78 is 4.66. The van der Waals surface area contributed by atoms with Crippen LogP contribution in [0, 0.1) is 0 Å². The first kappa shape index (κ1) is 12.3. The SMILES string of the molecule is CC[C@@](C)(I)N(N)I(C)NN. The fraction of sp³-hybridized carbons (Fsp3) is 1.00. The third kappa shape index (κ3) is 3.68. The minimum absolute atomic E-state index is 0.0315. The predicted molar refractivity (Wildman–Crippen MR) is 66.0 cm³/mol. The molecular weight excluding hydrogens is 370 g/mol. The molecule has 0 rings (SSSR count). The Labute approximate surface area is 89.6 Å². The predicted octanol–water partition coefficient (Wildman–Crippen LogP) is 1.15. The molecule has 0 spiro atoms. The van der Waals surface area contributed by atoms with Gasteiger partial charge >= 0.3 is 90.2 Å². The van der Waals surface area contributed by atoms with Crippen molar-refractivity contribution in [2.75, 3.05) is 4.93 Å². The van der Waals surface area contributed by atoms with Crippen LogP contribution < -0.4 is 15.3 Å². The van der Waals surface area contributed by atoms with Gasteiger partial charge in [0, 0.05) is 0 Å². The monoisotopic (exact) mass is 386 g/mol. The summed E-state index contributed by atoms with van der Waals surface area (Å²) in [6.45, 7) is 4.23. The fourth-order valence-electron chi connectivity index (χ4n) is 0.468. The van der Waals surface area contributed by atoms with Crippen molar-refractivity contribution in [2.24, 2.45) is 11.7 Å². The Kier molecular flexibility index (Phi) is 5.73. The van der Waals surface area contributed by atoms with Crippen molar-refractivity contribution in [3.05, 3.63) is 0 Å². The Morgan fingerprint density at radius 1 is 1.73 bits per heavy atom. The molecule has 5 N–H and O–H groups in total. The van der Waals surface area contributed by atoms with Gasteiger partial charge in [0.25, 0.3) is 0 Å². The summed E-state index contributed by atoms with van der Waals surface area (Å²) >= 11 is 0.898. The summed E-state index contributed by atoms with van der Waals surface area (Å²) in [5.41, 5.74) is 0. The van der Waals surface area contributed by atoms with Crippen LogP contribution in [0.15, 0.2) is 0 Å². The summed E-state index contributed by atoms with van der Waals surface area (Å²) in [5, 5.41) is 0. The number of nitrogens with one attached hydrogen (secondary N) is 1. The molecule has 0 saturated carbocycles. The van der Waals surface area contributed by atoms with Crippen LogP contribution in [0.2, 0.25) is 0 Å². The second-order valence-electron chi connectivity index (χ2n) is 2.36. The van der Waals surface area contributed by atoms with Crippen LogP contribution in [0.3, 0.4) is 0 Å². The summed E-state index contributed by atoms with van der Waals surface area (Å²) in [6, 6.07) is 0. The molecule has 70 valence electrons. The van der Waals surface area contributed by atoms with E-state index in [1.807, 2.05) is 3.22 Å². The van der Waals surface area contributed by atoms with Crippen molar-refractivity contribution in [1.29, 1.82) is 0 Å². The first-order valence-electron chi connectivity index (χ1n) is 3.26. The molecule has 0 aromatic carbocycles. The number of halogens is 2. The molecule has 0 aliphatic rings. The van der Waals surface area contributed by atoms with Crippen molar-refractivity contribution in [3.8, 4) is 0 Å². The second-order valence-corrected chi connectivity index (χ2v) is 8.87. The summed E-state index contributed by atoms with van der Waals surface area (Å²) in [5.74, 6) is 11.2. The molecule has 0 fully saturated rings. The zero-order valence-electron chi connectivity index (χ0n) is 7.06. The summed E-state index contributed by atoms with van der Waals surface area (Å²) in [4.78, 5) is 2.08. The normalized spacial score (nSPS) is 18.3. The molecular formula is C5H16I2N4. The molecule has 0 unspecified atom stereocenters. The van der Waals surface area contributed by atoms with Gasteiger partial charge < -0.3 is 0 Å². The van der Waals surface area contributed by atoms with E-state index in [1.54, 1.807) is 0 Å². The first-order chi connectivity index (χ1) is 4.95. The zero-order valence-corrected chi connectivity index (χ0v) is 11.4. The van der Waals surface area contributed by atoms with Crippen LogP contribution in [0.4, 0.5) is 0 Å². The maximum atomic E-state index is 5.87. The number of nitrogens with zero attached hydrogens (tertiary/aromatic N) is 1. The average molecular weight is 386 g/mol. The third-order valence-electron chi connectivity index (χ3n) is 1.52. The number of nitrogens with two attached hydrogens (primary N) is 2. The quantitative estimate of drug-likeness (QED) is 0.170. The van der Waals surface area contributed by atoms with Crippen LogP contribution in [0.25, 0.3) is 0 Å². The van der Waals surface area contributed by atoms with E-state index >= 15 is 0 Å². The minimum atomic E-state index is -1.45. The second kappa shape index (κ2) is 5.12. The Morgan fingerprint density at radius 3 is 2.45 bits per heavy atom. The van der Waals surface area contributed by atoms with Crippen molar-refractivity contribution in [1.82, 2.24) is 6.86 Å². The molecule has 0 heterocycles. The van der Waals surface area contributed by atoms with E-state index in [2.05, 4.69) is 45.0 Å². The van der Waals surface area contributed by atoms with E-state index < -0.39 is 20.4 Å². The molecule has 0 radical (unpaired) electrons. The van der Waals surface area contributed by atoms with E-state index in [9.17, 15) is 0 Å². The van der Waals surface area contributed by atoms with Gasteiger partial charge in [-0.1, -0.05) is 0 Å². The molecule has 11 heavy (non-hydrogen) atoms. The van der Waals surface area contributed by atoms with E-state index in [4.69, 9.17) is 11.7 Å². The molecule has 4 nitrogen and oxygen atoms in total. The zero-order chi connectivity index (χ0) is 9.07. The standard InChI is InChI=1S/C5H16I2N4/c1-4-5(2,6)11(9)7(3)10-8/h10H,4,8-9H2,1-3H3/t5-/m0/s1. The Bertz CT molecular complexity index is 119. The van der Waals surface area contributed by atoms with Crippen LogP contribution in [0.5, 0.6) is 0 Å². The van der Waals surface area contributed by atoms with Gasteiger partial charge in [-0.15, -0.1) is 0 Å². The van der Waals surface area contributed by atoms with Gasteiger partial charge in [0.05, 0.1) is 0 Å². The molecule has 0 saturated heterocycles. The summed E-state index contributed by atoms with van der Waals surface area (Å²) in [6.07, 6.45) is 1.02. The number of hydrazine groups is 2. The van der Waals surface area contributed by atoms with Crippen LogP contribution >= 0.6 is 43.0 Å². The van der Waals surface area contributed by atoms with Gasteiger partial charge in [-0.25, -0.2) is 0 Å². The summed E-state index contributed by atoms with van der Waals surface area (Å²) in [7, 11) is 0. The average Bonchev–Trinajstić information content (AvgIpc) is 2.01. The maximum absolute atomic E-state index is 5.87. The van der Waals surface area contributed by atoms with Crippen molar-refractivity contribution >= 4 is 43.0 Å². The van der Waals surface area contributed by atoms with Crippen molar-refractivity contribution in [2.45, 2.75) is 23.8 Å². The van der Waals surface area contributed by atoms with Gasteiger partial charge in [0.1, 0.15) is 0 Å². The topological polar surface area (TPSA) is 67.3 Å². The molecule has 0 bridgehead atoms. The number of hydrogen-bond acceptors (Lipinski definition) is 4. The third-order valence-corrected chi connectivity index (χ3v) is 7.25. The Hall–Kier alpha value is 1.30. The molecule has 0 aliphatic carbocycles. The first-order valence-corrected chi connectivity index (χ1v) is 8.54. The van der Waals surface area contributed by atoms with E-state index in [1.165, 1.54) is 0 Å². The molecule has 6 heteroatoms.